The molecule has 1 aliphatic heterocycles. The van der Waals surface area contributed by atoms with Crippen molar-refractivity contribution in [3.05, 3.63) is 28.3 Å². The van der Waals surface area contributed by atoms with E-state index in [4.69, 9.17) is 25.8 Å². The largest absolute Gasteiger partial charge is 0.491 e. The fourth-order valence-corrected chi connectivity index (χ4v) is 2.43. The molecule has 21 heavy (non-hydrogen) atoms. The number of hydrogen-bond donors (Lipinski definition) is 1. The molecule has 118 valence electrons. The molecule has 1 atom stereocenters. The first-order chi connectivity index (χ1) is 10.1. The third-order valence-corrected chi connectivity index (χ3v) is 4.14. The molecule has 0 bridgehead atoms. The minimum absolute atomic E-state index is 0.188. The molecule has 2 rings (SSSR count). The Morgan fingerprint density at radius 1 is 1.24 bits per heavy atom. The lowest BCUT2D eigenvalue weighted by molar-refractivity contribution is -0.0659. The second kappa shape index (κ2) is 7.99. The van der Waals surface area contributed by atoms with Crippen LogP contribution in [-0.2, 0) is 9.47 Å². The summed E-state index contributed by atoms with van der Waals surface area (Å²) < 4.78 is 16.5. The van der Waals surface area contributed by atoms with Crippen molar-refractivity contribution in [2.45, 2.75) is 38.9 Å². The molecule has 0 aliphatic carbocycles. The van der Waals surface area contributed by atoms with E-state index in [1.54, 1.807) is 0 Å². The highest BCUT2D eigenvalue weighted by molar-refractivity contribution is 6.32. The van der Waals surface area contributed by atoms with Crippen LogP contribution in [0.25, 0.3) is 0 Å². The van der Waals surface area contributed by atoms with Crippen molar-refractivity contribution in [2.24, 2.45) is 0 Å². The van der Waals surface area contributed by atoms with Crippen LogP contribution < -0.4 is 4.74 Å². The zero-order valence-electron chi connectivity index (χ0n) is 12.6. The van der Waals surface area contributed by atoms with Gasteiger partial charge in [-0.25, -0.2) is 0 Å². The van der Waals surface area contributed by atoms with Gasteiger partial charge in [-0.3, -0.25) is 0 Å². The van der Waals surface area contributed by atoms with Crippen molar-refractivity contribution in [3.63, 3.8) is 0 Å². The van der Waals surface area contributed by atoms with Gasteiger partial charge in [0.05, 0.1) is 12.7 Å². The molecule has 0 radical (unpaired) electrons. The number of rotatable bonds is 6. The lowest BCUT2D eigenvalue weighted by atomic mass is 10.1. The molecule has 1 saturated heterocycles. The van der Waals surface area contributed by atoms with Crippen LogP contribution in [0.5, 0.6) is 5.75 Å². The second-order valence-electron chi connectivity index (χ2n) is 5.48. The summed E-state index contributed by atoms with van der Waals surface area (Å²) in [6.07, 6.45) is 1.34. The summed E-state index contributed by atoms with van der Waals surface area (Å²) >= 11 is 6.11. The quantitative estimate of drug-likeness (QED) is 0.877. The molecule has 0 unspecified atom stereocenters. The number of hydrogen-bond acceptors (Lipinski definition) is 4. The number of aliphatic hydroxyl groups is 1. The standard InChI is InChI=1S/C16H23ClO4/c1-11-7-15(8-12(2)16(11)17)21-10-13(18)9-20-14-3-5-19-6-4-14/h7-8,13-14,18H,3-6,9-10H2,1-2H3/t13-/m0/s1. The summed E-state index contributed by atoms with van der Waals surface area (Å²) in [4.78, 5) is 0. The average Bonchev–Trinajstić information content (AvgIpc) is 2.49. The van der Waals surface area contributed by atoms with Gasteiger partial charge >= 0.3 is 0 Å². The van der Waals surface area contributed by atoms with Gasteiger partial charge in [0.15, 0.2) is 0 Å². The summed E-state index contributed by atoms with van der Waals surface area (Å²) in [5, 5.41) is 10.7. The Bertz CT molecular complexity index is 435. The first-order valence-corrected chi connectivity index (χ1v) is 7.71. The summed E-state index contributed by atoms with van der Waals surface area (Å²) in [7, 11) is 0. The van der Waals surface area contributed by atoms with Crippen LogP contribution in [0.15, 0.2) is 12.1 Å². The van der Waals surface area contributed by atoms with Crippen LogP contribution in [0.4, 0.5) is 0 Å². The zero-order valence-corrected chi connectivity index (χ0v) is 13.4. The molecule has 5 heteroatoms. The van der Waals surface area contributed by atoms with Gasteiger partial charge in [0.1, 0.15) is 18.5 Å². The maximum Gasteiger partial charge on any atom is 0.120 e. The minimum atomic E-state index is -0.635. The number of ether oxygens (including phenoxy) is 3. The summed E-state index contributed by atoms with van der Waals surface area (Å²) in [6, 6.07) is 3.75. The Kier molecular flexibility index (Phi) is 6.30. The Morgan fingerprint density at radius 3 is 2.48 bits per heavy atom. The molecule has 1 aliphatic rings. The van der Waals surface area contributed by atoms with Gasteiger partial charge in [-0.15, -0.1) is 0 Å². The van der Waals surface area contributed by atoms with Crippen LogP contribution in [-0.4, -0.2) is 43.7 Å². The van der Waals surface area contributed by atoms with Crippen molar-refractivity contribution < 1.29 is 19.3 Å². The van der Waals surface area contributed by atoms with E-state index < -0.39 is 6.10 Å². The molecule has 1 heterocycles. The lowest BCUT2D eigenvalue weighted by Crippen LogP contribution is -2.30. The van der Waals surface area contributed by atoms with E-state index in [0.717, 1.165) is 48.0 Å². The average molecular weight is 315 g/mol. The van der Waals surface area contributed by atoms with Crippen LogP contribution >= 0.6 is 11.6 Å². The van der Waals surface area contributed by atoms with Crippen molar-refractivity contribution in [2.75, 3.05) is 26.4 Å². The van der Waals surface area contributed by atoms with E-state index in [1.165, 1.54) is 0 Å². The molecule has 4 nitrogen and oxygen atoms in total. The normalized spacial score (nSPS) is 17.7. The fourth-order valence-electron chi connectivity index (χ4n) is 2.32. The molecule has 1 N–H and O–H groups in total. The van der Waals surface area contributed by atoms with Crippen LogP contribution in [0.3, 0.4) is 0 Å². The highest BCUT2D eigenvalue weighted by Crippen LogP contribution is 2.25. The van der Waals surface area contributed by atoms with Crippen molar-refractivity contribution in [3.8, 4) is 5.75 Å². The summed E-state index contributed by atoms with van der Waals surface area (Å²) in [6.45, 7) is 5.85. The molecular formula is C16H23ClO4. The van der Waals surface area contributed by atoms with Gasteiger partial charge in [-0.2, -0.15) is 0 Å². The summed E-state index contributed by atoms with van der Waals surface area (Å²) in [5.74, 6) is 0.722. The molecule has 1 aromatic rings. The van der Waals surface area contributed by atoms with Gasteiger partial charge < -0.3 is 19.3 Å². The molecule has 1 fully saturated rings. The van der Waals surface area contributed by atoms with Gasteiger partial charge in [0.25, 0.3) is 0 Å². The molecule has 0 aromatic heterocycles. The Morgan fingerprint density at radius 2 is 1.86 bits per heavy atom. The molecule has 0 amide bonds. The van der Waals surface area contributed by atoms with E-state index in [9.17, 15) is 5.11 Å². The van der Waals surface area contributed by atoms with E-state index in [0.29, 0.717) is 0 Å². The Hall–Kier alpha value is -0.810. The maximum atomic E-state index is 9.93. The van der Waals surface area contributed by atoms with E-state index in [1.807, 2.05) is 26.0 Å². The van der Waals surface area contributed by atoms with E-state index in [-0.39, 0.29) is 19.3 Å². The summed E-state index contributed by atoms with van der Waals surface area (Å²) in [5.41, 5.74) is 1.94. The first-order valence-electron chi connectivity index (χ1n) is 7.33. The second-order valence-corrected chi connectivity index (χ2v) is 5.86. The number of aryl methyl sites for hydroxylation is 2. The lowest BCUT2D eigenvalue weighted by Gasteiger charge is -2.23. The Balaban J connectivity index is 1.74. The maximum absolute atomic E-state index is 9.93. The van der Waals surface area contributed by atoms with E-state index in [2.05, 4.69) is 0 Å². The van der Waals surface area contributed by atoms with Gasteiger partial charge in [0.2, 0.25) is 0 Å². The van der Waals surface area contributed by atoms with Gasteiger partial charge in [-0.05, 0) is 49.9 Å². The third-order valence-electron chi connectivity index (χ3n) is 3.54. The topological polar surface area (TPSA) is 47.9 Å². The van der Waals surface area contributed by atoms with Crippen LogP contribution in [0.2, 0.25) is 5.02 Å². The van der Waals surface area contributed by atoms with Crippen molar-refractivity contribution >= 4 is 11.6 Å². The molecular weight excluding hydrogens is 292 g/mol. The smallest absolute Gasteiger partial charge is 0.120 e. The number of benzene rings is 1. The monoisotopic (exact) mass is 314 g/mol. The first kappa shape index (κ1) is 16.6. The van der Waals surface area contributed by atoms with Crippen molar-refractivity contribution in [1.29, 1.82) is 0 Å². The highest BCUT2D eigenvalue weighted by Gasteiger charge is 2.16. The number of aliphatic hydroxyl groups excluding tert-OH is 1. The molecule has 0 saturated carbocycles. The molecule has 0 spiro atoms. The SMILES string of the molecule is Cc1cc(OC[C@@H](O)COC2CCOCC2)cc(C)c1Cl. The minimum Gasteiger partial charge on any atom is -0.491 e. The van der Waals surface area contributed by atoms with Gasteiger partial charge in [0, 0.05) is 18.2 Å². The predicted octanol–water partition coefficient (Wildman–Crippen LogP) is 2.89. The third kappa shape index (κ3) is 5.15. The zero-order chi connectivity index (χ0) is 15.2. The van der Waals surface area contributed by atoms with Crippen LogP contribution in [0.1, 0.15) is 24.0 Å². The molecule has 1 aromatic carbocycles. The van der Waals surface area contributed by atoms with Gasteiger partial charge in [-0.1, -0.05) is 11.6 Å². The fraction of sp³-hybridized carbons (Fsp3) is 0.625. The van der Waals surface area contributed by atoms with E-state index >= 15 is 0 Å². The Labute approximate surface area is 131 Å². The van der Waals surface area contributed by atoms with Crippen LogP contribution in [0, 0.1) is 13.8 Å². The predicted molar refractivity (Wildman–Crippen MR) is 82.2 cm³/mol. The number of halogens is 1. The highest BCUT2D eigenvalue weighted by atomic mass is 35.5. The van der Waals surface area contributed by atoms with Crippen molar-refractivity contribution in [1.82, 2.24) is 0 Å².